The average molecular weight is 402 g/mol. The Labute approximate surface area is 167 Å². The van der Waals surface area contributed by atoms with Crippen LogP contribution in [-0.2, 0) is 26.0 Å². The second-order valence-corrected chi connectivity index (χ2v) is 9.32. The van der Waals surface area contributed by atoms with Gasteiger partial charge in [0.2, 0.25) is 5.91 Å². The van der Waals surface area contributed by atoms with E-state index in [0.29, 0.717) is 32.2 Å². The first-order valence-corrected chi connectivity index (χ1v) is 11.4. The summed E-state index contributed by atoms with van der Waals surface area (Å²) in [7, 11) is -3.41. The van der Waals surface area contributed by atoms with Gasteiger partial charge in [0.1, 0.15) is 0 Å². The molecule has 0 atom stereocenters. The van der Waals surface area contributed by atoms with Crippen molar-refractivity contribution >= 4 is 15.7 Å². The number of rotatable bonds is 8. The van der Waals surface area contributed by atoms with Gasteiger partial charge < -0.3 is 9.64 Å². The van der Waals surface area contributed by atoms with E-state index in [1.807, 2.05) is 30.3 Å². The molecular weight excluding hydrogens is 374 g/mol. The molecule has 0 saturated carbocycles. The van der Waals surface area contributed by atoms with Crippen molar-refractivity contribution in [2.75, 3.05) is 25.4 Å². The van der Waals surface area contributed by atoms with Crippen LogP contribution in [0.5, 0.6) is 0 Å². The Balaban J connectivity index is 1.38. The third-order valence-electron chi connectivity index (χ3n) is 5.12. The van der Waals surface area contributed by atoms with Crippen molar-refractivity contribution in [3.8, 4) is 0 Å². The van der Waals surface area contributed by atoms with Crippen LogP contribution in [0.15, 0.2) is 65.6 Å². The highest BCUT2D eigenvalue weighted by Crippen LogP contribution is 2.19. The number of hydrogen-bond acceptors (Lipinski definition) is 4. The zero-order valence-electron chi connectivity index (χ0n) is 16.0. The Morgan fingerprint density at radius 2 is 1.57 bits per heavy atom. The van der Waals surface area contributed by atoms with E-state index < -0.39 is 9.84 Å². The fourth-order valence-electron chi connectivity index (χ4n) is 3.39. The molecule has 1 fully saturated rings. The molecule has 0 aliphatic carbocycles. The molecule has 0 unspecified atom stereocenters. The van der Waals surface area contributed by atoms with Gasteiger partial charge in [0.05, 0.1) is 17.3 Å². The Kier molecular flexibility index (Phi) is 7.23. The Morgan fingerprint density at radius 1 is 0.964 bits per heavy atom. The summed E-state index contributed by atoms with van der Waals surface area (Å²) in [5.41, 5.74) is 1.16. The van der Waals surface area contributed by atoms with E-state index in [4.69, 9.17) is 4.74 Å². The first-order chi connectivity index (χ1) is 13.5. The number of hydrogen-bond donors (Lipinski definition) is 0. The molecular formula is C22H27NO4S. The molecule has 0 aromatic heterocycles. The third kappa shape index (κ3) is 5.91. The number of sulfone groups is 1. The second-order valence-electron chi connectivity index (χ2n) is 7.21. The number of amides is 1. The quantitative estimate of drug-likeness (QED) is 0.681. The molecule has 3 rings (SSSR count). The van der Waals surface area contributed by atoms with Crippen molar-refractivity contribution in [3.63, 3.8) is 0 Å². The molecule has 2 aromatic rings. The molecule has 1 heterocycles. The average Bonchev–Trinajstić information content (AvgIpc) is 2.74. The van der Waals surface area contributed by atoms with Crippen LogP contribution < -0.4 is 0 Å². The maximum atomic E-state index is 12.4. The summed E-state index contributed by atoms with van der Waals surface area (Å²) in [6, 6.07) is 18.4. The maximum absolute atomic E-state index is 12.4. The molecule has 0 spiro atoms. The lowest BCUT2D eigenvalue weighted by Crippen LogP contribution is -2.40. The van der Waals surface area contributed by atoms with E-state index in [1.165, 1.54) is 0 Å². The first-order valence-electron chi connectivity index (χ1n) is 9.72. The molecule has 1 saturated heterocycles. The molecule has 150 valence electrons. The van der Waals surface area contributed by atoms with Gasteiger partial charge in [-0.15, -0.1) is 0 Å². The van der Waals surface area contributed by atoms with E-state index in [1.54, 1.807) is 35.2 Å². The lowest BCUT2D eigenvalue weighted by Gasteiger charge is -2.32. The normalized spacial score (nSPS) is 15.5. The minimum absolute atomic E-state index is 0.0341. The van der Waals surface area contributed by atoms with Crippen LogP contribution in [0.1, 0.15) is 24.8 Å². The molecule has 5 nitrogen and oxygen atoms in total. The van der Waals surface area contributed by atoms with Gasteiger partial charge in [-0.05, 0) is 36.5 Å². The fourth-order valence-corrected chi connectivity index (χ4v) is 4.64. The summed E-state index contributed by atoms with van der Waals surface area (Å²) in [6.45, 7) is 2.64. The number of carbonyl (C=O) groups is 1. The van der Waals surface area contributed by atoms with Crippen molar-refractivity contribution in [2.45, 2.75) is 30.8 Å². The molecule has 28 heavy (non-hydrogen) atoms. The molecule has 0 bridgehead atoms. The van der Waals surface area contributed by atoms with Crippen molar-refractivity contribution < 1.29 is 17.9 Å². The molecule has 1 amide bonds. The summed E-state index contributed by atoms with van der Waals surface area (Å²) < 4.78 is 30.5. The molecule has 2 aromatic carbocycles. The summed E-state index contributed by atoms with van der Waals surface area (Å²) in [5.74, 6) is 0.222. The van der Waals surface area contributed by atoms with Gasteiger partial charge in [0, 0.05) is 26.1 Å². The SMILES string of the molecule is O=C(CCS(=O)(=O)c1ccccc1)N1CCC(COCc2ccccc2)CC1. The second kappa shape index (κ2) is 9.85. The van der Waals surface area contributed by atoms with Crippen molar-refractivity contribution in [2.24, 2.45) is 5.92 Å². The van der Waals surface area contributed by atoms with E-state index in [0.717, 1.165) is 18.4 Å². The molecule has 0 N–H and O–H groups in total. The van der Waals surface area contributed by atoms with Crippen LogP contribution >= 0.6 is 0 Å². The van der Waals surface area contributed by atoms with E-state index in [-0.39, 0.29) is 23.0 Å². The van der Waals surface area contributed by atoms with Crippen LogP contribution in [0, 0.1) is 5.92 Å². The predicted octanol–water partition coefficient (Wildman–Crippen LogP) is 3.31. The van der Waals surface area contributed by atoms with Crippen LogP contribution in [0.25, 0.3) is 0 Å². The maximum Gasteiger partial charge on any atom is 0.223 e. The number of nitrogens with zero attached hydrogens (tertiary/aromatic N) is 1. The fraction of sp³-hybridized carbons (Fsp3) is 0.409. The lowest BCUT2D eigenvalue weighted by molar-refractivity contribution is -0.132. The van der Waals surface area contributed by atoms with Crippen molar-refractivity contribution in [3.05, 3.63) is 66.2 Å². The smallest absolute Gasteiger partial charge is 0.223 e. The third-order valence-corrected chi connectivity index (χ3v) is 6.85. The Hall–Kier alpha value is -2.18. The van der Waals surface area contributed by atoms with Crippen LogP contribution in [0.2, 0.25) is 0 Å². The largest absolute Gasteiger partial charge is 0.376 e. The Morgan fingerprint density at radius 3 is 2.21 bits per heavy atom. The van der Waals surface area contributed by atoms with Gasteiger partial charge in [-0.25, -0.2) is 8.42 Å². The van der Waals surface area contributed by atoms with Gasteiger partial charge in [-0.3, -0.25) is 4.79 Å². The molecule has 6 heteroatoms. The van der Waals surface area contributed by atoms with Crippen molar-refractivity contribution in [1.29, 1.82) is 0 Å². The standard InChI is InChI=1S/C22H27NO4S/c24-22(13-16-28(25,26)21-9-5-2-6-10-21)23-14-11-20(12-15-23)18-27-17-19-7-3-1-4-8-19/h1-10,20H,11-18H2. The highest BCUT2D eigenvalue weighted by Gasteiger charge is 2.24. The minimum Gasteiger partial charge on any atom is -0.376 e. The predicted molar refractivity (Wildman–Crippen MR) is 109 cm³/mol. The Bertz CT molecular complexity index is 845. The van der Waals surface area contributed by atoms with Crippen LogP contribution in [0.3, 0.4) is 0 Å². The minimum atomic E-state index is -3.41. The summed E-state index contributed by atoms with van der Waals surface area (Å²) in [5, 5.41) is 0. The number of benzene rings is 2. The van der Waals surface area contributed by atoms with Crippen LogP contribution in [0.4, 0.5) is 0 Å². The topological polar surface area (TPSA) is 63.7 Å². The number of carbonyl (C=O) groups excluding carboxylic acids is 1. The van der Waals surface area contributed by atoms with Crippen molar-refractivity contribution in [1.82, 2.24) is 4.90 Å². The zero-order valence-corrected chi connectivity index (χ0v) is 16.8. The number of piperidine rings is 1. The van der Waals surface area contributed by atoms with Crippen LogP contribution in [-0.4, -0.2) is 44.7 Å². The highest BCUT2D eigenvalue weighted by atomic mass is 32.2. The van der Waals surface area contributed by atoms with Gasteiger partial charge in [-0.2, -0.15) is 0 Å². The molecule has 0 radical (unpaired) electrons. The van der Waals surface area contributed by atoms with Gasteiger partial charge in [0.15, 0.2) is 9.84 Å². The van der Waals surface area contributed by atoms with Gasteiger partial charge in [0.25, 0.3) is 0 Å². The molecule has 1 aliphatic rings. The number of likely N-dealkylation sites (tertiary alicyclic amines) is 1. The highest BCUT2D eigenvalue weighted by molar-refractivity contribution is 7.91. The van der Waals surface area contributed by atoms with E-state index >= 15 is 0 Å². The molecule has 1 aliphatic heterocycles. The van der Waals surface area contributed by atoms with Gasteiger partial charge in [-0.1, -0.05) is 48.5 Å². The summed E-state index contributed by atoms with van der Waals surface area (Å²) in [4.78, 5) is 14.5. The van der Waals surface area contributed by atoms with E-state index in [9.17, 15) is 13.2 Å². The monoisotopic (exact) mass is 401 g/mol. The zero-order chi connectivity index (χ0) is 19.8. The van der Waals surface area contributed by atoms with E-state index in [2.05, 4.69) is 0 Å². The first kappa shape index (κ1) is 20.6. The summed E-state index contributed by atoms with van der Waals surface area (Å²) >= 11 is 0. The van der Waals surface area contributed by atoms with Gasteiger partial charge >= 0.3 is 0 Å². The lowest BCUT2D eigenvalue weighted by atomic mass is 9.97. The summed E-state index contributed by atoms with van der Waals surface area (Å²) in [6.07, 6.45) is 1.82. The number of ether oxygens (including phenoxy) is 1.